The molecule has 0 amide bonds. The van der Waals surface area contributed by atoms with Gasteiger partial charge in [0.2, 0.25) is 0 Å². The van der Waals surface area contributed by atoms with Gasteiger partial charge in [-0.3, -0.25) is 0 Å². The highest BCUT2D eigenvalue weighted by Gasteiger charge is 2.22. The summed E-state index contributed by atoms with van der Waals surface area (Å²) in [5.74, 6) is -0.885. The maximum Gasteiger partial charge on any atom is 0.339 e. The Balaban J connectivity index is 5.24. The predicted octanol–water partition coefficient (Wildman–Crippen LogP) is 2.61. The molecule has 0 atom stereocenters. The number of carbonyl (C=O) groups is 1. The fraction of sp³-hybridized carbons (Fsp3) is 0.600. The van der Waals surface area contributed by atoms with Gasteiger partial charge in [0.1, 0.15) is 0 Å². The summed E-state index contributed by atoms with van der Waals surface area (Å²) in [4.78, 5) is 10.8. The van der Waals surface area contributed by atoms with Crippen LogP contribution in [0.15, 0.2) is 16.9 Å². The Morgan fingerprint density at radius 3 is 1.75 bits per heavy atom. The summed E-state index contributed by atoms with van der Waals surface area (Å²) < 4.78 is 0. The van der Waals surface area contributed by atoms with Gasteiger partial charge in [-0.2, -0.15) is 0 Å². The molecular formula is C10H16O2. The summed E-state index contributed by atoms with van der Waals surface area (Å²) in [6, 6.07) is 0. The van der Waals surface area contributed by atoms with Gasteiger partial charge in [-0.05, 0) is 19.4 Å². The van der Waals surface area contributed by atoms with E-state index in [9.17, 15) is 4.79 Å². The Bertz CT molecular complexity index is 244. The molecule has 0 unspecified atom stereocenters. The van der Waals surface area contributed by atoms with Gasteiger partial charge in [-0.1, -0.05) is 20.8 Å². The van der Waals surface area contributed by atoms with Crippen molar-refractivity contribution in [3.8, 4) is 0 Å². The van der Waals surface area contributed by atoms with E-state index >= 15 is 0 Å². The first kappa shape index (κ1) is 11.0. The van der Waals surface area contributed by atoms with Crippen LogP contribution in [0.3, 0.4) is 0 Å². The average molecular weight is 168 g/mol. The molecule has 0 aliphatic carbocycles. The molecule has 0 bridgehead atoms. The summed E-state index contributed by atoms with van der Waals surface area (Å²) in [5, 5.41) is 8.84. The highest BCUT2D eigenvalue weighted by atomic mass is 16.4. The minimum Gasteiger partial charge on any atom is -0.477 e. The molecule has 0 aromatic heterocycles. The van der Waals surface area contributed by atoms with Gasteiger partial charge >= 0.3 is 5.97 Å². The fourth-order valence-corrected chi connectivity index (χ4v) is 0.812. The van der Waals surface area contributed by atoms with E-state index < -0.39 is 5.97 Å². The van der Waals surface area contributed by atoms with Crippen LogP contribution in [0.4, 0.5) is 0 Å². The Morgan fingerprint density at radius 2 is 1.67 bits per heavy atom. The third-order valence-electron chi connectivity index (χ3n) is 1.34. The standard InChI is InChI=1S/C10H16O2/c1-7(2)6-8(9(11)12)10(3,4)5/h1-5H3,(H,11,12). The Labute approximate surface area is 73.6 Å². The van der Waals surface area contributed by atoms with Crippen LogP contribution in [-0.2, 0) is 4.79 Å². The van der Waals surface area contributed by atoms with Crippen molar-refractivity contribution in [2.75, 3.05) is 0 Å². The number of carboxylic acids is 1. The first-order valence-corrected chi connectivity index (χ1v) is 3.93. The van der Waals surface area contributed by atoms with E-state index in [4.69, 9.17) is 5.11 Å². The second-order valence-corrected chi connectivity index (χ2v) is 4.06. The van der Waals surface area contributed by atoms with Crippen LogP contribution in [0.5, 0.6) is 0 Å². The van der Waals surface area contributed by atoms with Crippen LogP contribution in [0.25, 0.3) is 0 Å². The van der Waals surface area contributed by atoms with E-state index in [2.05, 4.69) is 5.73 Å². The monoisotopic (exact) mass is 168 g/mol. The first-order chi connectivity index (χ1) is 5.25. The fourth-order valence-electron chi connectivity index (χ4n) is 0.812. The quantitative estimate of drug-likeness (QED) is 0.482. The Morgan fingerprint density at radius 1 is 1.25 bits per heavy atom. The molecule has 0 aromatic rings. The van der Waals surface area contributed by atoms with Crippen molar-refractivity contribution in [3.05, 3.63) is 16.9 Å². The summed E-state index contributed by atoms with van der Waals surface area (Å²) >= 11 is 0. The lowest BCUT2D eigenvalue weighted by Gasteiger charge is -2.16. The summed E-state index contributed by atoms with van der Waals surface area (Å²) in [6.07, 6.45) is 0. The van der Waals surface area contributed by atoms with Gasteiger partial charge in [-0.25, -0.2) is 4.79 Å². The molecule has 0 aromatic carbocycles. The minimum absolute atomic E-state index is 0.336. The molecule has 68 valence electrons. The van der Waals surface area contributed by atoms with Crippen LogP contribution in [0.2, 0.25) is 0 Å². The van der Waals surface area contributed by atoms with Crippen molar-refractivity contribution in [2.45, 2.75) is 34.6 Å². The molecule has 0 radical (unpaired) electrons. The van der Waals surface area contributed by atoms with Crippen molar-refractivity contribution in [1.29, 1.82) is 0 Å². The molecule has 12 heavy (non-hydrogen) atoms. The third-order valence-corrected chi connectivity index (χ3v) is 1.34. The average Bonchev–Trinajstić information content (AvgIpc) is 1.79. The van der Waals surface area contributed by atoms with Gasteiger partial charge in [-0.15, -0.1) is 5.73 Å². The second kappa shape index (κ2) is 3.59. The summed E-state index contributed by atoms with van der Waals surface area (Å²) in [7, 11) is 0. The molecule has 0 fully saturated rings. The van der Waals surface area contributed by atoms with Gasteiger partial charge in [0.05, 0.1) is 5.57 Å². The van der Waals surface area contributed by atoms with Crippen LogP contribution in [-0.4, -0.2) is 11.1 Å². The summed E-state index contributed by atoms with van der Waals surface area (Å²) in [5.41, 5.74) is 3.74. The molecule has 1 N–H and O–H groups in total. The van der Waals surface area contributed by atoms with Gasteiger partial charge in [0, 0.05) is 5.41 Å². The van der Waals surface area contributed by atoms with Crippen LogP contribution in [0.1, 0.15) is 34.6 Å². The lowest BCUT2D eigenvalue weighted by atomic mass is 9.87. The molecule has 0 aliphatic rings. The van der Waals surface area contributed by atoms with E-state index in [0.29, 0.717) is 5.57 Å². The zero-order valence-electron chi connectivity index (χ0n) is 8.36. The number of hydrogen-bond acceptors (Lipinski definition) is 1. The Kier molecular flexibility index (Phi) is 3.29. The van der Waals surface area contributed by atoms with E-state index in [1.54, 1.807) is 0 Å². The molecular weight excluding hydrogens is 152 g/mol. The maximum absolute atomic E-state index is 10.8. The van der Waals surface area contributed by atoms with Crippen molar-refractivity contribution >= 4 is 5.97 Å². The largest absolute Gasteiger partial charge is 0.477 e. The number of hydrogen-bond donors (Lipinski definition) is 1. The molecule has 0 heterocycles. The minimum atomic E-state index is -0.885. The van der Waals surface area contributed by atoms with Crippen LogP contribution < -0.4 is 0 Å². The van der Waals surface area contributed by atoms with E-state index in [1.807, 2.05) is 34.6 Å². The molecule has 0 saturated carbocycles. The maximum atomic E-state index is 10.8. The Hall–Kier alpha value is -1.01. The molecule has 0 spiro atoms. The van der Waals surface area contributed by atoms with Crippen molar-refractivity contribution < 1.29 is 9.90 Å². The normalized spacial score (nSPS) is 10.4. The predicted molar refractivity (Wildman–Crippen MR) is 49.0 cm³/mol. The highest BCUT2D eigenvalue weighted by molar-refractivity contribution is 5.87. The first-order valence-electron chi connectivity index (χ1n) is 3.93. The molecule has 2 nitrogen and oxygen atoms in total. The van der Waals surface area contributed by atoms with Crippen molar-refractivity contribution in [1.82, 2.24) is 0 Å². The van der Waals surface area contributed by atoms with Gasteiger partial charge in [0.25, 0.3) is 0 Å². The number of aliphatic carboxylic acids is 1. The van der Waals surface area contributed by atoms with E-state index in [-0.39, 0.29) is 5.41 Å². The zero-order valence-corrected chi connectivity index (χ0v) is 8.36. The molecule has 0 saturated heterocycles. The lowest BCUT2D eigenvalue weighted by Crippen LogP contribution is -2.16. The van der Waals surface area contributed by atoms with Gasteiger partial charge < -0.3 is 5.11 Å². The SMILES string of the molecule is CC(C)=C=C(C(=O)O)C(C)(C)C. The zero-order chi connectivity index (χ0) is 9.94. The van der Waals surface area contributed by atoms with Crippen molar-refractivity contribution in [2.24, 2.45) is 5.41 Å². The smallest absolute Gasteiger partial charge is 0.339 e. The van der Waals surface area contributed by atoms with E-state index in [1.165, 1.54) is 0 Å². The number of carboxylic acid groups (broad SMARTS) is 1. The van der Waals surface area contributed by atoms with Crippen molar-refractivity contribution in [3.63, 3.8) is 0 Å². The highest BCUT2D eigenvalue weighted by Crippen LogP contribution is 2.24. The molecule has 0 rings (SSSR count). The van der Waals surface area contributed by atoms with Crippen LogP contribution in [0, 0.1) is 5.41 Å². The second-order valence-electron chi connectivity index (χ2n) is 4.06. The topological polar surface area (TPSA) is 37.3 Å². The lowest BCUT2D eigenvalue weighted by molar-refractivity contribution is -0.133. The molecule has 0 aliphatic heterocycles. The summed E-state index contributed by atoms with van der Waals surface area (Å²) in [6.45, 7) is 9.29. The third kappa shape index (κ3) is 3.40. The van der Waals surface area contributed by atoms with Gasteiger partial charge in [0.15, 0.2) is 0 Å². The number of rotatable bonds is 1. The molecule has 2 heteroatoms. The van der Waals surface area contributed by atoms with E-state index in [0.717, 1.165) is 5.57 Å². The van der Waals surface area contributed by atoms with Crippen LogP contribution >= 0.6 is 0 Å².